The van der Waals surface area contributed by atoms with E-state index in [1.54, 1.807) is 0 Å². The number of benzene rings is 1. The van der Waals surface area contributed by atoms with Crippen LogP contribution in [0.5, 0.6) is 11.5 Å². The van der Waals surface area contributed by atoms with Crippen molar-refractivity contribution in [2.75, 3.05) is 11.6 Å². The first-order chi connectivity index (χ1) is 9.25. The zero-order valence-electron chi connectivity index (χ0n) is 10.2. The van der Waals surface area contributed by atoms with E-state index in [9.17, 15) is 23.4 Å². The van der Waals surface area contributed by atoms with Crippen molar-refractivity contribution in [3.05, 3.63) is 30.0 Å². The van der Waals surface area contributed by atoms with Crippen LogP contribution in [0, 0.1) is 0 Å². The van der Waals surface area contributed by atoms with Gasteiger partial charge in [-0.3, -0.25) is 10.1 Å². The molecule has 0 aliphatic heterocycles. The minimum absolute atomic E-state index is 0.0265. The van der Waals surface area contributed by atoms with Gasteiger partial charge in [0.05, 0.1) is 6.20 Å². The predicted octanol–water partition coefficient (Wildman–Crippen LogP) is 1.21. The highest BCUT2D eigenvalue weighted by Crippen LogP contribution is 2.24. The molecule has 0 bridgehead atoms. The summed E-state index contributed by atoms with van der Waals surface area (Å²) in [7, 11) is -3.37. The van der Waals surface area contributed by atoms with Gasteiger partial charge >= 0.3 is 0 Å². The minimum Gasteiger partial charge on any atom is -0.508 e. The smallest absolute Gasteiger partial charge is 0.257 e. The van der Waals surface area contributed by atoms with Gasteiger partial charge in [-0.15, -0.1) is 0 Å². The third-order valence-corrected chi connectivity index (χ3v) is 4.94. The van der Waals surface area contributed by atoms with Gasteiger partial charge in [-0.1, -0.05) is 11.3 Å². The van der Waals surface area contributed by atoms with Crippen LogP contribution in [0.25, 0.3) is 0 Å². The second-order valence-electron chi connectivity index (χ2n) is 3.95. The summed E-state index contributed by atoms with van der Waals surface area (Å²) in [6.45, 7) is 0. The molecule has 0 aliphatic rings. The van der Waals surface area contributed by atoms with Crippen molar-refractivity contribution >= 4 is 32.2 Å². The van der Waals surface area contributed by atoms with Gasteiger partial charge in [0.1, 0.15) is 15.7 Å². The first-order valence-corrected chi connectivity index (χ1v) is 7.97. The maximum absolute atomic E-state index is 11.9. The van der Waals surface area contributed by atoms with Crippen LogP contribution < -0.4 is 5.32 Å². The van der Waals surface area contributed by atoms with Crippen LogP contribution in [-0.4, -0.2) is 35.8 Å². The lowest BCUT2D eigenvalue weighted by Gasteiger charge is -2.03. The van der Waals surface area contributed by atoms with Gasteiger partial charge in [-0.2, -0.15) is 0 Å². The van der Waals surface area contributed by atoms with E-state index in [4.69, 9.17) is 0 Å². The first kappa shape index (κ1) is 14.3. The fourth-order valence-corrected chi connectivity index (χ4v) is 3.02. The molecule has 0 atom stereocenters. The molecule has 20 heavy (non-hydrogen) atoms. The van der Waals surface area contributed by atoms with Crippen LogP contribution in [0.15, 0.2) is 28.6 Å². The third-order valence-electron chi connectivity index (χ3n) is 2.24. The summed E-state index contributed by atoms with van der Waals surface area (Å²) < 4.78 is 22.6. The average molecular weight is 314 g/mol. The summed E-state index contributed by atoms with van der Waals surface area (Å²) in [6.07, 6.45) is 2.19. The van der Waals surface area contributed by atoms with Crippen molar-refractivity contribution in [3.8, 4) is 11.5 Å². The summed E-state index contributed by atoms with van der Waals surface area (Å²) in [5.41, 5.74) is 0.0265. The molecule has 7 nitrogen and oxygen atoms in total. The van der Waals surface area contributed by atoms with E-state index < -0.39 is 15.7 Å². The number of nitrogens with one attached hydrogen (secondary N) is 1. The van der Waals surface area contributed by atoms with Gasteiger partial charge in [-0.05, 0) is 12.1 Å². The molecule has 0 spiro atoms. The molecule has 0 aliphatic carbocycles. The van der Waals surface area contributed by atoms with Crippen LogP contribution in [0.1, 0.15) is 10.4 Å². The molecule has 1 amide bonds. The Balaban J connectivity index is 2.21. The molecular formula is C11H10N2O5S2. The zero-order chi connectivity index (χ0) is 14.9. The molecule has 0 saturated heterocycles. The van der Waals surface area contributed by atoms with Crippen LogP contribution in [0.4, 0.5) is 5.13 Å². The fourth-order valence-electron chi connectivity index (χ4n) is 1.38. The molecular weight excluding hydrogens is 304 g/mol. The van der Waals surface area contributed by atoms with Crippen molar-refractivity contribution in [2.24, 2.45) is 0 Å². The first-order valence-electron chi connectivity index (χ1n) is 5.26. The number of carbonyl (C=O) groups is 1. The quantitative estimate of drug-likeness (QED) is 0.784. The van der Waals surface area contributed by atoms with E-state index in [1.165, 1.54) is 12.1 Å². The molecule has 0 unspecified atom stereocenters. The number of aromatic hydroxyl groups is 2. The van der Waals surface area contributed by atoms with E-state index in [0.717, 1.165) is 29.9 Å². The van der Waals surface area contributed by atoms with Crippen molar-refractivity contribution in [1.82, 2.24) is 4.98 Å². The van der Waals surface area contributed by atoms with E-state index in [2.05, 4.69) is 10.3 Å². The number of sulfone groups is 1. The lowest BCUT2D eigenvalue weighted by molar-refractivity contribution is 0.102. The average Bonchev–Trinajstić information content (AvgIpc) is 2.75. The standard InChI is InChI=1S/C11H10N2O5S2/c1-20(17,18)9-5-12-11(19-9)13-10(16)6-2-7(14)4-8(15)3-6/h2-5,14-15H,1H3,(H,12,13,16). The van der Waals surface area contributed by atoms with Crippen molar-refractivity contribution in [3.63, 3.8) is 0 Å². The Morgan fingerprint density at radius 2 is 1.85 bits per heavy atom. The zero-order valence-corrected chi connectivity index (χ0v) is 11.8. The Kier molecular flexibility index (Phi) is 3.64. The van der Waals surface area contributed by atoms with Crippen molar-refractivity contribution in [1.29, 1.82) is 0 Å². The van der Waals surface area contributed by atoms with E-state index in [-0.39, 0.29) is 26.4 Å². The number of hydrogen-bond donors (Lipinski definition) is 3. The highest BCUT2D eigenvalue weighted by Gasteiger charge is 2.15. The summed E-state index contributed by atoms with van der Waals surface area (Å²) in [6, 6.07) is 3.42. The van der Waals surface area contributed by atoms with Gasteiger partial charge in [0.2, 0.25) is 0 Å². The Hall–Kier alpha value is -2.13. The summed E-state index contributed by atoms with van der Waals surface area (Å²) in [4.78, 5) is 15.6. The normalized spacial score (nSPS) is 11.2. The number of hydrogen-bond acceptors (Lipinski definition) is 7. The number of nitrogens with zero attached hydrogens (tertiary/aromatic N) is 1. The Morgan fingerprint density at radius 3 is 2.35 bits per heavy atom. The molecule has 1 aromatic heterocycles. The SMILES string of the molecule is CS(=O)(=O)c1cnc(NC(=O)c2cc(O)cc(O)c2)s1. The molecule has 1 aromatic carbocycles. The monoisotopic (exact) mass is 314 g/mol. The second kappa shape index (κ2) is 5.10. The summed E-state index contributed by atoms with van der Waals surface area (Å²) in [5.74, 6) is -1.14. The molecule has 2 rings (SSSR count). The van der Waals surface area contributed by atoms with Crippen molar-refractivity contribution < 1.29 is 23.4 Å². The third kappa shape index (κ3) is 3.25. The number of amides is 1. The van der Waals surface area contributed by atoms with E-state index >= 15 is 0 Å². The highest BCUT2D eigenvalue weighted by atomic mass is 32.2. The molecule has 9 heteroatoms. The molecule has 106 valence electrons. The van der Waals surface area contributed by atoms with Gasteiger partial charge < -0.3 is 10.2 Å². The summed E-state index contributed by atoms with van der Waals surface area (Å²) >= 11 is 0.815. The predicted molar refractivity (Wildman–Crippen MR) is 72.9 cm³/mol. The lowest BCUT2D eigenvalue weighted by Crippen LogP contribution is -2.11. The maximum atomic E-state index is 11.9. The Morgan fingerprint density at radius 1 is 1.25 bits per heavy atom. The maximum Gasteiger partial charge on any atom is 0.257 e. The van der Waals surface area contributed by atoms with E-state index in [1.807, 2.05) is 0 Å². The van der Waals surface area contributed by atoms with Crippen LogP contribution in [-0.2, 0) is 9.84 Å². The van der Waals surface area contributed by atoms with Gasteiger partial charge in [-0.25, -0.2) is 13.4 Å². The molecule has 0 radical (unpaired) electrons. The number of phenolic OH excluding ortho intramolecular Hbond substituents is 2. The summed E-state index contributed by atoms with van der Waals surface area (Å²) in [5, 5.41) is 21.1. The second-order valence-corrected chi connectivity index (χ2v) is 7.22. The van der Waals surface area contributed by atoms with Crippen LogP contribution in [0.3, 0.4) is 0 Å². The Bertz CT molecular complexity index is 747. The number of carbonyl (C=O) groups excluding carboxylic acids is 1. The minimum atomic E-state index is -3.37. The number of phenols is 2. The highest BCUT2D eigenvalue weighted by molar-refractivity contribution is 7.92. The van der Waals surface area contributed by atoms with Gasteiger partial charge in [0, 0.05) is 17.9 Å². The molecule has 1 heterocycles. The topological polar surface area (TPSA) is 117 Å². The number of aromatic nitrogens is 1. The number of rotatable bonds is 3. The van der Waals surface area contributed by atoms with E-state index in [0.29, 0.717) is 0 Å². The molecule has 2 aromatic rings. The number of anilines is 1. The fraction of sp³-hybridized carbons (Fsp3) is 0.0909. The molecule has 0 saturated carbocycles. The largest absolute Gasteiger partial charge is 0.508 e. The molecule has 0 fully saturated rings. The van der Waals surface area contributed by atoms with Gasteiger partial charge in [0.25, 0.3) is 5.91 Å². The lowest BCUT2D eigenvalue weighted by atomic mass is 10.2. The van der Waals surface area contributed by atoms with Crippen LogP contribution >= 0.6 is 11.3 Å². The van der Waals surface area contributed by atoms with Gasteiger partial charge in [0.15, 0.2) is 15.0 Å². The number of thiazole rings is 1. The Labute approximate surface area is 118 Å². The van der Waals surface area contributed by atoms with Crippen molar-refractivity contribution in [2.45, 2.75) is 4.21 Å². The van der Waals surface area contributed by atoms with Crippen LogP contribution in [0.2, 0.25) is 0 Å². The molecule has 3 N–H and O–H groups in total.